The number of methoxy groups -OCH3 is 1. The lowest BCUT2D eigenvalue weighted by Crippen LogP contribution is -2.26. The van der Waals surface area contributed by atoms with Crippen LogP contribution < -0.4 is 10.9 Å². The predicted octanol–water partition coefficient (Wildman–Crippen LogP) is 3.45. The van der Waals surface area contributed by atoms with E-state index in [2.05, 4.69) is 14.7 Å². The van der Waals surface area contributed by atoms with E-state index in [9.17, 15) is 4.79 Å². The molecule has 2 aromatic rings. The average Bonchev–Trinajstić information content (AvgIpc) is 3.24. The summed E-state index contributed by atoms with van der Waals surface area (Å²) >= 11 is 8.05. The van der Waals surface area contributed by atoms with E-state index in [1.807, 2.05) is 24.3 Å². The lowest BCUT2D eigenvalue weighted by molar-refractivity contribution is 0.0595. The van der Waals surface area contributed by atoms with Crippen molar-refractivity contribution in [3.63, 3.8) is 0 Å². The number of hydrogen-bond donors (Lipinski definition) is 1. The van der Waals surface area contributed by atoms with Gasteiger partial charge in [0.2, 0.25) is 0 Å². The van der Waals surface area contributed by atoms with E-state index in [-0.39, 0.29) is 10.6 Å². The quantitative estimate of drug-likeness (QED) is 0.648. The Morgan fingerprint density at radius 1 is 1.33 bits per heavy atom. The van der Waals surface area contributed by atoms with Gasteiger partial charge in [-0.1, -0.05) is 11.6 Å². The molecule has 0 aliphatic carbocycles. The summed E-state index contributed by atoms with van der Waals surface area (Å²) in [7, 11) is 1.76. The molecular weight excluding hydrogens is 424 g/mol. The Kier molecular flexibility index (Phi) is 7.32. The zero-order valence-corrected chi connectivity index (χ0v) is 18.6. The van der Waals surface area contributed by atoms with Crippen LogP contribution in [0.3, 0.4) is 0 Å². The van der Waals surface area contributed by atoms with Crippen LogP contribution in [0.5, 0.6) is 0 Å². The Morgan fingerprint density at radius 3 is 2.87 bits per heavy atom. The lowest BCUT2D eigenvalue weighted by Gasteiger charge is -2.22. The molecule has 2 saturated heterocycles. The number of rotatable bonds is 7. The van der Waals surface area contributed by atoms with Crippen molar-refractivity contribution in [1.29, 1.82) is 0 Å². The summed E-state index contributed by atoms with van der Waals surface area (Å²) in [6.07, 6.45) is 5.15. The van der Waals surface area contributed by atoms with Crippen LogP contribution in [0.4, 0.5) is 5.69 Å². The van der Waals surface area contributed by atoms with Gasteiger partial charge in [0, 0.05) is 38.2 Å². The Labute approximate surface area is 185 Å². The minimum Gasteiger partial charge on any atom is -0.382 e. The Bertz CT molecular complexity index is 902. The molecule has 0 radical (unpaired) electrons. The molecule has 0 bridgehead atoms. The Hall–Kier alpha value is -1.58. The van der Waals surface area contributed by atoms with Crippen LogP contribution in [-0.2, 0) is 9.47 Å². The molecule has 30 heavy (non-hydrogen) atoms. The van der Waals surface area contributed by atoms with Gasteiger partial charge in [0.25, 0.3) is 5.56 Å². The molecule has 0 spiro atoms. The van der Waals surface area contributed by atoms with Crippen LogP contribution in [0.1, 0.15) is 19.3 Å². The first kappa shape index (κ1) is 21.6. The molecule has 1 aromatic carbocycles. The summed E-state index contributed by atoms with van der Waals surface area (Å²) in [4.78, 5) is 13.9. The standard InChI is InChI=1S/C21H27ClN4O3S/c1-28-17-8-9-25(13-17)30-18-6-4-16(5-7-18)26-21(27)20(22)19(12-24-26)23-11-15-3-2-10-29-14-15/h4-7,12,15,17,23H,2-3,8-11,13-14H2,1H3. The van der Waals surface area contributed by atoms with Crippen LogP contribution >= 0.6 is 23.5 Å². The van der Waals surface area contributed by atoms with Gasteiger partial charge in [-0.05, 0) is 61.4 Å². The van der Waals surface area contributed by atoms with Crippen molar-refractivity contribution in [3.8, 4) is 5.69 Å². The van der Waals surface area contributed by atoms with Gasteiger partial charge in [0.1, 0.15) is 5.02 Å². The molecule has 9 heteroatoms. The molecule has 3 heterocycles. The van der Waals surface area contributed by atoms with E-state index in [1.54, 1.807) is 25.3 Å². The van der Waals surface area contributed by atoms with Gasteiger partial charge >= 0.3 is 0 Å². The van der Waals surface area contributed by atoms with Crippen molar-refractivity contribution in [2.24, 2.45) is 5.92 Å². The molecule has 2 atom stereocenters. The van der Waals surface area contributed by atoms with Crippen molar-refractivity contribution >= 4 is 29.2 Å². The third-order valence-corrected chi connectivity index (χ3v) is 6.95. The Balaban J connectivity index is 1.41. The highest BCUT2D eigenvalue weighted by molar-refractivity contribution is 7.97. The fraction of sp³-hybridized carbons (Fsp3) is 0.524. The number of aromatic nitrogens is 2. The van der Waals surface area contributed by atoms with Gasteiger partial charge in [-0.2, -0.15) is 9.78 Å². The predicted molar refractivity (Wildman–Crippen MR) is 120 cm³/mol. The first-order valence-electron chi connectivity index (χ1n) is 10.3. The molecule has 1 aromatic heterocycles. The van der Waals surface area contributed by atoms with Crippen molar-refractivity contribution in [2.45, 2.75) is 30.3 Å². The largest absolute Gasteiger partial charge is 0.382 e. The lowest BCUT2D eigenvalue weighted by atomic mass is 10.0. The fourth-order valence-corrected chi connectivity index (χ4v) is 4.92. The second-order valence-electron chi connectivity index (χ2n) is 7.67. The van der Waals surface area contributed by atoms with Crippen LogP contribution in [0.25, 0.3) is 5.69 Å². The number of benzene rings is 1. The molecule has 0 amide bonds. The van der Waals surface area contributed by atoms with Gasteiger partial charge in [-0.3, -0.25) is 4.79 Å². The molecule has 2 aliphatic heterocycles. The van der Waals surface area contributed by atoms with E-state index in [1.165, 1.54) is 4.68 Å². The average molecular weight is 451 g/mol. The normalized spacial score (nSPS) is 22.3. The first-order chi connectivity index (χ1) is 14.6. The molecule has 162 valence electrons. The molecule has 2 aliphatic rings. The number of anilines is 1. The minimum atomic E-state index is -0.329. The molecule has 2 unspecified atom stereocenters. The molecular formula is C21H27ClN4O3S. The monoisotopic (exact) mass is 450 g/mol. The highest BCUT2D eigenvalue weighted by atomic mass is 35.5. The van der Waals surface area contributed by atoms with E-state index >= 15 is 0 Å². The zero-order valence-electron chi connectivity index (χ0n) is 17.1. The Morgan fingerprint density at radius 2 is 2.17 bits per heavy atom. The highest BCUT2D eigenvalue weighted by Gasteiger charge is 2.22. The maximum Gasteiger partial charge on any atom is 0.292 e. The molecule has 1 N–H and O–H groups in total. The van der Waals surface area contributed by atoms with E-state index in [0.717, 1.165) is 57.0 Å². The fourth-order valence-electron chi connectivity index (χ4n) is 3.73. The maximum absolute atomic E-state index is 12.8. The SMILES string of the molecule is COC1CCN(Sc2ccc(-n3ncc(NCC4CCCOC4)c(Cl)c3=O)cc2)C1. The maximum atomic E-state index is 12.8. The van der Waals surface area contributed by atoms with Crippen LogP contribution in [0.2, 0.25) is 5.02 Å². The summed E-state index contributed by atoms with van der Waals surface area (Å²) in [6.45, 7) is 4.21. The zero-order chi connectivity index (χ0) is 20.9. The second kappa shape index (κ2) is 10.2. The minimum absolute atomic E-state index is 0.155. The first-order valence-corrected chi connectivity index (χ1v) is 11.4. The van der Waals surface area contributed by atoms with E-state index in [0.29, 0.717) is 23.4 Å². The van der Waals surface area contributed by atoms with E-state index in [4.69, 9.17) is 21.1 Å². The third-order valence-electron chi connectivity index (χ3n) is 5.51. The van der Waals surface area contributed by atoms with Crippen molar-refractivity contribution < 1.29 is 9.47 Å². The number of ether oxygens (including phenoxy) is 2. The molecule has 2 fully saturated rings. The van der Waals surface area contributed by atoms with Crippen molar-refractivity contribution in [2.75, 3.05) is 45.3 Å². The summed E-state index contributed by atoms with van der Waals surface area (Å²) in [5.74, 6) is 0.428. The molecule has 7 nitrogen and oxygen atoms in total. The van der Waals surface area contributed by atoms with E-state index < -0.39 is 0 Å². The molecule has 4 rings (SSSR count). The van der Waals surface area contributed by atoms with Gasteiger partial charge in [0.05, 0.1) is 30.3 Å². The van der Waals surface area contributed by atoms with Crippen LogP contribution in [-0.4, -0.2) is 60.1 Å². The van der Waals surface area contributed by atoms with Gasteiger partial charge in [-0.15, -0.1) is 0 Å². The topological polar surface area (TPSA) is 68.6 Å². The number of nitrogens with one attached hydrogen (secondary N) is 1. The van der Waals surface area contributed by atoms with Gasteiger partial charge in [-0.25, -0.2) is 4.31 Å². The van der Waals surface area contributed by atoms with Crippen molar-refractivity contribution in [3.05, 3.63) is 45.8 Å². The summed E-state index contributed by atoms with van der Waals surface area (Å²) < 4.78 is 14.5. The second-order valence-corrected chi connectivity index (χ2v) is 9.22. The van der Waals surface area contributed by atoms with Gasteiger partial charge in [0.15, 0.2) is 0 Å². The number of nitrogens with zero attached hydrogens (tertiary/aromatic N) is 3. The summed E-state index contributed by atoms with van der Waals surface area (Å²) in [6, 6.07) is 7.78. The smallest absolute Gasteiger partial charge is 0.292 e. The third kappa shape index (κ3) is 5.18. The van der Waals surface area contributed by atoms with Gasteiger partial charge < -0.3 is 14.8 Å². The summed E-state index contributed by atoms with van der Waals surface area (Å²) in [5.41, 5.74) is 0.927. The van der Waals surface area contributed by atoms with Crippen molar-refractivity contribution in [1.82, 2.24) is 14.1 Å². The highest BCUT2D eigenvalue weighted by Crippen LogP contribution is 2.28. The van der Waals surface area contributed by atoms with Crippen LogP contribution in [0.15, 0.2) is 40.2 Å². The summed E-state index contributed by atoms with van der Waals surface area (Å²) in [5, 5.41) is 7.73. The van der Waals surface area contributed by atoms with Crippen LogP contribution in [0, 0.1) is 5.92 Å². The number of hydrogen-bond acceptors (Lipinski definition) is 7. The number of halogens is 1. The molecule has 0 saturated carbocycles.